The number of carbonyl (C=O) groups excluding carboxylic acids is 2. The van der Waals surface area contributed by atoms with Crippen LogP contribution >= 0.6 is 0 Å². The summed E-state index contributed by atoms with van der Waals surface area (Å²) in [6, 6.07) is 11.5. The van der Waals surface area contributed by atoms with Crippen LogP contribution in [0.2, 0.25) is 0 Å². The topological polar surface area (TPSA) is 105 Å². The summed E-state index contributed by atoms with van der Waals surface area (Å²) in [7, 11) is 0. The second-order valence-corrected chi connectivity index (χ2v) is 8.17. The van der Waals surface area contributed by atoms with E-state index in [1.807, 2.05) is 4.90 Å². The summed E-state index contributed by atoms with van der Waals surface area (Å²) in [6.07, 6.45) is 8.50. The van der Waals surface area contributed by atoms with Crippen LogP contribution in [0.5, 0.6) is 0 Å². The number of para-hydroxylation sites is 2. The molecule has 8 heteroatoms. The van der Waals surface area contributed by atoms with Crippen molar-refractivity contribution in [3.63, 3.8) is 0 Å². The normalized spacial score (nSPS) is 17.4. The Kier molecular flexibility index (Phi) is 6.49. The number of nitrogens with one attached hydrogen (secondary N) is 2. The van der Waals surface area contributed by atoms with E-state index in [0.717, 1.165) is 38.8 Å². The van der Waals surface area contributed by atoms with Crippen LogP contribution in [0.3, 0.4) is 0 Å². The zero-order chi connectivity index (χ0) is 22.5. The van der Waals surface area contributed by atoms with E-state index in [-0.39, 0.29) is 23.1 Å². The lowest BCUT2D eigenvalue weighted by molar-refractivity contribution is -0.384. The number of allylic oxidation sites excluding steroid dienone is 2. The van der Waals surface area contributed by atoms with Crippen LogP contribution in [0.4, 0.5) is 22.7 Å². The Morgan fingerprint density at radius 2 is 1.78 bits per heavy atom. The molecule has 0 saturated carbocycles. The van der Waals surface area contributed by atoms with Crippen molar-refractivity contribution in [3.05, 3.63) is 70.3 Å². The predicted octanol–water partition coefficient (Wildman–Crippen LogP) is 4.74. The molecule has 32 heavy (non-hydrogen) atoms. The first-order chi connectivity index (χ1) is 15.5. The molecule has 2 aliphatic rings. The van der Waals surface area contributed by atoms with Crippen LogP contribution in [-0.4, -0.2) is 29.8 Å². The van der Waals surface area contributed by atoms with E-state index in [2.05, 4.69) is 22.8 Å². The number of carbonyl (C=O) groups is 2. The third kappa shape index (κ3) is 4.96. The molecular weight excluding hydrogens is 408 g/mol. The molecule has 166 valence electrons. The minimum atomic E-state index is -0.471. The first kappa shape index (κ1) is 21.5. The molecule has 2 aromatic rings. The summed E-state index contributed by atoms with van der Waals surface area (Å²) in [4.78, 5) is 38.4. The summed E-state index contributed by atoms with van der Waals surface area (Å²) in [5, 5.41) is 17.3. The number of nitrogens with zero attached hydrogens (tertiary/aromatic N) is 2. The summed E-state index contributed by atoms with van der Waals surface area (Å²) in [5.41, 5.74) is 1.59. The van der Waals surface area contributed by atoms with Gasteiger partial charge in [-0.25, -0.2) is 0 Å². The van der Waals surface area contributed by atoms with Gasteiger partial charge in [0.25, 0.3) is 11.6 Å². The van der Waals surface area contributed by atoms with Crippen molar-refractivity contribution in [2.75, 3.05) is 28.6 Å². The lowest BCUT2D eigenvalue weighted by atomic mass is 10.0. The van der Waals surface area contributed by atoms with Gasteiger partial charge in [-0.2, -0.15) is 0 Å². The van der Waals surface area contributed by atoms with Crippen molar-refractivity contribution in [2.24, 2.45) is 5.92 Å². The van der Waals surface area contributed by atoms with E-state index in [1.54, 1.807) is 36.4 Å². The highest BCUT2D eigenvalue weighted by Gasteiger charge is 2.24. The molecule has 1 fully saturated rings. The standard InChI is InChI=1S/C24H26N4O4/c29-23(15-17-7-1-2-8-17)25-19-9-3-4-10-20(19)26-24(30)18-11-12-21(22(16-18)28(31)32)27-13-5-6-14-27/h1,3-4,7,9-12,16-17H,2,5-6,8,13-15H2,(H,25,29)(H,26,30). The number of amides is 2. The molecule has 2 aromatic carbocycles. The van der Waals surface area contributed by atoms with Crippen molar-refractivity contribution in [1.82, 2.24) is 0 Å². The van der Waals surface area contributed by atoms with Crippen LogP contribution in [0.25, 0.3) is 0 Å². The number of hydrogen-bond donors (Lipinski definition) is 2. The Labute approximate surface area is 186 Å². The third-order valence-electron chi connectivity index (χ3n) is 5.89. The number of anilines is 3. The first-order valence-electron chi connectivity index (χ1n) is 10.9. The second kappa shape index (κ2) is 9.64. The van der Waals surface area contributed by atoms with Crippen LogP contribution < -0.4 is 15.5 Å². The number of rotatable bonds is 7. The average Bonchev–Trinajstić information content (AvgIpc) is 3.49. The van der Waals surface area contributed by atoms with Crippen molar-refractivity contribution < 1.29 is 14.5 Å². The quantitative estimate of drug-likeness (QED) is 0.372. The molecular formula is C24H26N4O4. The lowest BCUT2D eigenvalue weighted by Crippen LogP contribution is -2.20. The molecule has 1 saturated heterocycles. The molecule has 4 rings (SSSR count). The Hall–Kier alpha value is -3.68. The molecule has 2 amide bonds. The zero-order valence-electron chi connectivity index (χ0n) is 17.8. The van der Waals surface area contributed by atoms with E-state index in [4.69, 9.17) is 0 Å². The average molecular weight is 434 g/mol. The van der Waals surface area contributed by atoms with E-state index in [9.17, 15) is 19.7 Å². The first-order valence-corrected chi connectivity index (χ1v) is 10.9. The Bertz CT molecular complexity index is 1060. The van der Waals surface area contributed by atoms with E-state index < -0.39 is 10.8 Å². The van der Waals surface area contributed by atoms with Crippen LogP contribution in [-0.2, 0) is 4.79 Å². The smallest absolute Gasteiger partial charge is 0.293 e. The lowest BCUT2D eigenvalue weighted by Gasteiger charge is -2.18. The van der Waals surface area contributed by atoms with Crippen LogP contribution in [0.15, 0.2) is 54.6 Å². The highest BCUT2D eigenvalue weighted by molar-refractivity contribution is 6.08. The zero-order valence-corrected chi connectivity index (χ0v) is 17.8. The fraction of sp³-hybridized carbons (Fsp3) is 0.333. The predicted molar refractivity (Wildman–Crippen MR) is 124 cm³/mol. The molecule has 1 aliphatic carbocycles. The molecule has 1 unspecified atom stereocenters. The van der Waals surface area contributed by atoms with Crippen molar-refractivity contribution >= 4 is 34.6 Å². The number of nitro benzene ring substituents is 1. The molecule has 1 atom stereocenters. The molecule has 1 heterocycles. The second-order valence-electron chi connectivity index (χ2n) is 8.17. The van der Waals surface area contributed by atoms with Gasteiger partial charge in [-0.3, -0.25) is 19.7 Å². The SMILES string of the molecule is O=C(CC1C=CCC1)Nc1ccccc1NC(=O)c1ccc(N2CCCC2)c([N+](=O)[O-])c1. The van der Waals surface area contributed by atoms with Crippen molar-refractivity contribution in [2.45, 2.75) is 32.1 Å². The highest BCUT2D eigenvalue weighted by atomic mass is 16.6. The van der Waals surface area contributed by atoms with Crippen LogP contribution in [0.1, 0.15) is 42.5 Å². The van der Waals surface area contributed by atoms with E-state index in [1.165, 1.54) is 6.07 Å². The van der Waals surface area contributed by atoms with Gasteiger partial charge in [-0.1, -0.05) is 24.3 Å². The van der Waals surface area contributed by atoms with Gasteiger partial charge in [-0.15, -0.1) is 0 Å². The van der Waals surface area contributed by atoms with E-state index >= 15 is 0 Å². The fourth-order valence-electron chi connectivity index (χ4n) is 4.24. The van der Waals surface area contributed by atoms with Crippen molar-refractivity contribution in [1.29, 1.82) is 0 Å². The summed E-state index contributed by atoms with van der Waals surface area (Å²) in [5.74, 6) is -0.346. The summed E-state index contributed by atoms with van der Waals surface area (Å²) in [6.45, 7) is 1.55. The van der Waals surface area contributed by atoms with Gasteiger partial charge in [0.05, 0.1) is 16.3 Å². The summed E-state index contributed by atoms with van der Waals surface area (Å²) < 4.78 is 0. The number of benzene rings is 2. The molecule has 2 N–H and O–H groups in total. The molecule has 8 nitrogen and oxygen atoms in total. The molecule has 0 spiro atoms. The van der Waals surface area contributed by atoms with Crippen molar-refractivity contribution in [3.8, 4) is 0 Å². The monoisotopic (exact) mass is 434 g/mol. The fourth-order valence-corrected chi connectivity index (χ4v) is 4.24. The maximum atomic E-state index is 12.9. The Balaban J connectivity index is 1.49. The minimum absolute atomic E-state index is 0.0780. The van der Waals surface area contributed by atoms with E-state index in [0.29, 0.717) is 23.5 Å². The maximum Gasteiger partial charge on any atom is 0.293 e. The van der Waals surface area contributed by atoms with Gasteiger partial charge >= 0.3 is 0 Å². The van der Waals surface area contributed by atoms with Gasteiger partial charge in [0.15, 0.2) is 0 Å². The van der Waals surface area contributed by atoms with Gasteiger partial charge in [0.1, 0.15) is 5.69 Å². The number of hydrogen-bond acceptors (Lipinski definition) is 5. The van der Waals surface area contributed by atoms with Gasteiger partial charge in [-0.05, 0) is 55.9 Å². The van der Waals surface area contributed by atoms with Crippen LogP contribution in [0, 0.1) is 16.0 Å². The maximum absolute atomic E-state index is 12.9. The summed E-state index contributed by atoms with van der Waals surface area (Å²) >= 11 is 0. The van der Waals surface area contributed by atoms with Gasteiger partial charge in [0.2, 0.25) is 5.91 Å². The largest absolute Gasteiger partial charge is 0.366 e. The highest BCUT2D eigenvalue weighted by Crippen LogP contribution is 2.32. The van der Waals surface area contributed by atoms with Gasteiger partial charge in [0, 0.05) is 31.1 Å². The minimum Gasteiger partial charge on any atom is -0.366 e. The third-order valence-corrected chi connectivity index (χ3v) is 5.89. The Morgan fingerprint density at radius 3 is 2.44 bits per heavy atom. The Morgan fingerprint density at radius 1 is 1.06 bits per heavy atom. The molecule has 0 aromatic heterocycles. The van der Waals surface area contributed by atoms with Gasteiger partial charge < -0.3 is 15.5 Å². The molecule has 1 aliphatic heterocycles. The molecule has 0 radical (unpaired) electrons. The number of nitro groups is 1. The molecule has 0 bridgehead atoms.